The average Bonchev–Trinajstić information content (AvgIpc) is 2.46. The highest BCUT2D eigenvalue weighted by molar-refractivity contribution is 9.10. The highest BCUT2D eigenvalue weighted by Gasteiger charge is 2.24. The van der Waals surface area contributed by atoms with E-state index in [-0.39, 0.29) is 5.91 Å². The van der Waals surface area contributed by atoms with Crippen molar-refractivity contribution >= 4 is 27.5 Å². The van der Waals surface area contributed by atoms with Gasteiger partial charge in [0.1, 0.15) is 0 Å². The van der Waals surface area contributed by atoms with Crippen LogP contribution in [0.15, 0.2) is 47.2 Å². The molecule has 0 saturated carbocycles. The fraction of sp³-hybridized carbons (Fsp3) is 0.200. The average molecular weight is 317 g/mol. The number of amides is 1. The van der Waals surface area contributed by atoms with Crippen LogP contribution in [0.2, 0.25) is 0 Å². The Hall–Kier alpha value is -1.68. The highest BCUT2D eigenvalue weighted by atomic mass is 79.9. The number of para-hydroxylation sites is 1. The largest absolute Gasteiger partial charge is 0.308 e. The topological polar surface area (TPSA) is 33.2 Å². The van der Waals surface area contributed by atoms with Crippen molar-refractivity contribution in [1.29, 1.82) is 0 Å². The number of carbonyl (C=O) groups is 1. The molecule has 0 saturated heterocycles. The van der Waals surface area contributed by atoms with Crippen molar-refractivity contribution in [1.82, 2.24) is 4.98 Å². The number of fused-ring (bicyclic) bond motifs is 1. The smallest absolute Gasteiger partial charge is 0.259 e. The lowest BCUT2D eigenvalue weighted by Crippen LogP contribution is -2.35. The number of pyridine rings is 1. The maximum Gasteiger partial charge on any atom is 0.259 e. The summed E-state index contributed by atoms with van der Waals surface area (Å²) in [6, 6.07) is 9.86. The molecule has 1 aromatic heterocycles. The SMILES string of the molecule is O=C(c1ccncc1Br)N1CCCc2ccccc21. The third-order valence-electron chi connectivity index (χ3n) is 3.36. The second-order valence-electron chi connectivity index (χ2n) is 4.54. The van der Waals surface area contributed by atoms with Gasteiger partial charge in [-0.25, -0.2) is 0 Å². The molecule has 3 nitrogen and oxygen atoms in total. The summed E-state index contributed by atoms with van der Waals surface area (Å²) in [6.07, 6.45) is 5.35. The van der Waals surface area contributed by atoms with Crippen LogP contribution in [0.3, 0.4) is 0 Å². The number of nitrogens with zero attached hydrogens (tertiary/aromatic N) is 2. The quantitative estimate of drug-likeness (QED) is 0.807. The van der Waals surface area contributed by atoms with Gasteiger partial charge in [0.25, 0.3) is 5.91 Å². The van der Waals surface area contributed by atoms with Crippen LogP contribution in [-0.2, 0) is 6.42 Å². The van der Waals surface area contributed by atoms with Crippen LogP contribution in [0, 0.1) is 0 Å². The molecule has 96 valence electrons. The molecule has 0 unspecified atom stereocenters. The highest BCUT2D eigenvalue weighted by Crippen LogP contribution is 2.29. The second-order valence-corrected chi connectivity index (χ2v) is 5.40. The molecule has 1 aliphatic rings. The molecular formula is C15H13BrN2O. The second kappa shape index (κ2) is 5.13. The first-order valence-electron chi connectivity index (χ1n) is 6.26. The number of hydrogen-bond donors (Lipinski definition) is 0. The third-order valence-corrected chi connectivity index (χ3v) is 3.99. The summed E-state index contributed by atoms with van der Waals surface area (Å²) in [6.45, 7) is 0.768. The Bertz CT molecular complexity index is 627. The summed E-state index contributed by atoms with van der Waals surface area (Å²) in [5, 5.41) is 0. The van der Waals surface area contributed by atoms with E-state index in [0.29, 0.717) is 5.56 Å². The van der Waals surface area contributed by atoms with Crippen LogP contribution in [0.25, 0.3) is 0 Å². The van der Waals surface area contributed by atoms with E-state index in [2.05, 4.69) is 27.0 Å². The van der Waals surface area contributed by atoms with E-state index in [9.17, 15) is 4.79 Å². The van der Waals surface area contributed by atoms with Crippen LogP contribution < -0.4 is 4.90 Å². The van der Waals surface area contributed by atoms with Gasteiger partial charge in [-0.3, -0.25) is 9.78 Å². The molecule has 4 heteroatoms. The molecule has 0 spiro atoms. The lowest BCUT2D eigenvalue weighted by atomic mass is 10.0. The van der Waals surface area contributed by atoms with E-state index in [1.807, 2.05) is 23.1 Å². The zero-order valence-corrected chi connectivity index (χ0v) is 11.9. The first-order chi connectivity index (χ1) is 9.27. The Morgan fingerprint density at radius 2 is 2.11 bits per heavy atom. The Morgan fingerprint density at radius 1 is 1.26 bits per heavy atom. The number of hydrogen-bond acceptors (Lipinski definition) is 2. The molecule has 2 aromatic rings. The number of anilines is 1. The Kier molecular flexibility index (Phi) is 3.34. The first-order valence-corrected chi connectivity index (χ1v) is 7.06. The van der Waals surface area contributed by atoms with Crippen molar-refractivity contribution in [3.8, 4) is 0 Å². The van der Waals surface area contributed by atoms with Crippen molar-refractivity contribution in [3.05, 3.63) is 58.3 Å². The maximum atomic E-state index is 12.7. The zero-order valence-electron chi connectivity index (χ0n) is 10.3. The van der Waals surface area contributed by atoms with E-state index in [1.165, 1.54) is 5.56 Å². The van der Waals surface area contributed by atoms with Crippen LogP contribution in [0.5, 0.6) is 0 Å². The lowest BCUT2D eigenvalue weighted by molar-refractivity contribution is 0.0984. The van der Waals surface area contributed by atoms with E-state index in [0.717, 1.165) is 29.5 Å². The van der Waals surface area contributed by atoms with E-state index < -0.39 is 0 Å². The number of halogens is 1. The normalized spacial score (nSPS) is 14.1. The standard InChI is InChI=1S/C15H13BrN2O/c16-13-10-17-8-7-12(13)15(19)18-9-3-5-11-4-1-2-6-14(11)18/h1-2,4,6-8,10H,3,5,9H2. The van der Waals surface area contributed by atoms with Gasteiger partial charge >= 0.3 is 0 Å². The predicted octanol–water partition coefficient (Wildman–Crippen LogP) is 3.44. The van der Waals surface area contributed by atoms with Crippen molar-refractivity contribution in [3.63, 3.8) is 0 Å². The number of carbonyl (C=O) groups excluding carboxylic acids is 1. The molecule has 0 aliphatic carbocycles. The lowest BCUT2D eigenvalue weighted by Gasteiger charge is -2.29. The molecule has 1 amide bonds. The number of benzene rings is 1. The Morgan fingerprint density at radius 3 is 2.95 bits per heavy atom. The fourth-order valence-electron chi connectivity index (χ4n) is 2.44. The minimum absolute atomic E-state index is 0.0291. The van der Waals surface area contributed by atoms with Gasteiger partial charge < -0.3 is 4.90 Å². The van der Waals surface area contributed by atoms with Crippen LogP contribution in [0.4, 0.5) is 5.69 Å². The van der Waals surface area contributed by atoms with Crippen molar-refractivity contribution < 1.29 is 4.79 Å². The number of aryl methyl sites for hydroxylation is 1. The Labute approximate surface area is 120 Å². The van der Waals surface area contributed by atoms with Crippen LogP contribution in [0.1, 0.15) is 22.3 Å². The molecule has 0 radical (unpaired) electrons. The molecule has 1 aromatic carbocycles. The van der Waals surface area contributed by atoms with Gasteiger partial charge in [0.05, 0.1) is 5.56 Å². The van der Waals surface area contributed by atoms with Gasteiger partial charge in [-0.15, -0.1) is 0 Å². The molecule has 19 heavy (non-hydrogen) atoms. The molecule has 2 heterocycles. The summed E-state index contributed by atoms with van der Waals surface area (Å²) >= 11 is 3.39. The molecule has 0 atom stereocenters. The van der Waals surface area contributed by atoms with Crippen LogP contribution >= 0.6 is 15.9 Å². The van der Waals surface area contributed by atoms with Crippen molar-refractivity contribution in [2.45, 2.75) is 12.8 Å². The van der Waals surface area contributed by atoms with Gasteiger partial charge in [0, 0.05) is 29.1 Å². The van der Waals surface area contributed by atoms with E-state index in [4.69, 9.17) is 0 Å². The van der Waals surface area contributed by atoms with E-state index in [1.54, 1.807) is 18.5 Å². The van der Waals surface area contributed by atoms with Crippen LogP contribution in [-0.4, -0.2) is 17.4 Å². The van der Waals surface area contributed by atoms with Gasteiger partial charge in [0.15, 0.2) is 0 Å². The maximum absolute atomic E-state index is 12.7. The summed E-state index contributed by atoms with van der Waals surface area (Å²) < 4.78 is 0.739. The summed E-state index contributed by atoms with van der Waals surface area (Å²) in [5.41, 5.74) is 2.93. The minimum atomic E-state index is 0.0291. The zero-order chi connectivity index (χ0) is 13.2. The molecule has 0 fully saturated rings. The van der Waals surface area contributed by atoms with Gasteiger partial charge in [-0.1, -0.05) is 18.2 Å². The number of aromatic nitrogens is 1. The molecule has 3 rings (SSSR count). The predicted molar refractivity (Wildman–Crippen MR) is 78.4 cm³/mol. The summed E-state index contributed by atoms with van der Waals surface area (Å²) in [5.74, 6) is 0.0291. The minimum Gasteiger partial charge on any atom is -0.308 e. The first kappa shape index (κ1) is 12.4. The third kappa shape index (κ3) is 2.28. The van der Waals surface area contributed by atoms with Crippen molar-refractivity contribution in [2.75, 3.05) is 11.4 Å². The van der Waals surface area contributed by atoms with Gasteiger partial charge in [-0.2, -0.15) is 0 Å². The van der Waals surface area contributed by atoms with Crippen molar-refractivity contribution in [2.24, 2.45) is 0 Å². The van der Waals surface area contributed by atoms with E-state index >= 15 is 0 Å². The fourth-order valence-corrected chi connectivity index (χ4v) is 2.86. The van der Waals surface area contributed by atoms with Gasteiger partial charge in [-0.05, 0) is 46.5 Å². The monoisotopic (exact) mass is 316 g/mol. The Balaban J connectivity index is 2.00. The molecule has 0 N–H and O–H groups in total. The molecule has 1 aliphatic heterocycles. The summed E-state index contributed by atoms with van der Waals surface area (Å²) in [4.78, 5) is 18.5. The molecular weight excluding hydrogens is 304 g/mol. The molecule has 0 bridgehead atoms. The van der Waals surface area contributed by atoms with Gasteiger partial charge in [0.2, 0.25) is 0 Å². The summed E-state index contributed by atoms with van der Waals surface area (Å²) in [7, 11) is 0. The number of rotatable bonds is 1.